The van der Waals surface area contributed by atoms with Crippen LogP contribution in [0.1, 0.15) is 17.5 Å². The van der Waals surface area contributed by atoms with Gasteiger partial charge in [-0.3, -0.25) is 14.2 Å². The molecule has 4 rings (SSSR count). The Bertz CT molecular complexity index is 1110. The molecule has 7 heteroatoms. The van der Waals surface area contributed by atoms with E-state index >= 15 is 0 Å². The number of nitrogens with one attached hydrogen (secondary N) is 1. The summed E-state index contributed by atoms with van der Waals surface area (Å²) in [7, 11) is 2.10. The number of rotatable bonds is 4. The highest BCUT2D eigenvalue weighted by atomic mass is 79.9. The van der Waals surface area contributed by atoms with Crippen molar-refractivity contribution in [1.82, 2.24) is 14.9 Å². The van der Waals surface area contributed by atoms with Crippen LogP contribution in [0.3, 0.4) is 0 Å². The molecular weight excluding hydrogens is 420 g/mol. The molecule has 1 aromatic heterocycles. The van der Waals surface area contributed by atoms with Crippen LogP contribution in [0, 0.1) is 0 Å². The first-order valence-corrected chi connectivity index (χ1v) is 10.0. The third kappa shape index (κ3) is 3.80. The average Bonchev–Trinajstić information content (AvgIpc) is 2.69. The number of halogens is 1. The van der Waals surface area contributed by atoms with E-state index in [0.717, 1.165) is 29.4 Å². The number of aromatic nitrogens is 2. The summed E-state index contributed by atoms with van der Waals surface area (Å²) in [6.07, 6.45) is 3.63. The fraction of sp³-hybridized carbons (Fsp3) is 0.286. The van der Waals surface area contributed by atoms with Crippen LogP contribution in [-0.4, -0.2) is 29.1 Å². The van der Waals surface area contributed by atoms with Crippen molar-refractivity contribution >= 4 is 38.4 Å². The van der Waals surface area contributed by atoms with Gasteiger partial charge in [0, 0.05) is 30.3 Å². The van der Waals surface area contributed by atoms with Crippen molar-refractivity contribution in [3.63, 3.8) is 0 Å². The van der Waals surface area contributed by atoms with Crippen molar-refractivity contribution in [2.75, 3.05) is 18.5 Å². The summed E-state index contributed by atoms with van der Waals surface area (Å²) in [5.74, 6) is -0.215. The van der Waals surface area contributed by atoms with Crippen LogP contribution in [0.15, 0.2) is 52.0 Å². The molecule has 144 valence electrons. The predicted octanol–water partition coefficient (Wildman–Crippen LogP) is 2.86. The van der Waals surface area contributed by atoms with E-state index < -0.39 is 0 Å². The molecule has 1 amide bonds. The second kappa shape index (κ2) is 7.75. The molecule has 0 saturated heterocycles. The van der Waals surface area contributed by atoms with Crippen molar-refractivity contribution in [1.29, 1.82) is 0 Å². The number of benzene rings is 2. The molecule has 0 radical (unpaired) electrons. The summed E-state index contributed by atoms with van der Waals surface area (Å²) in [6.45, 7) is 1.47. The Morgan fingerprint density at radius 2 is 2.11 bits per heavy atom. The van der Waals surface area contributed by atoms with Crippen LogP contribution in [0.5, 0.6) is 0 Å². The number of aryl methyl sites for hydroxylation is 1. The molecule has 2 aromatic carbocycles. The smallest absolute Gasteiger partial charge is 0.261 e. The zero-order valence-electron chi connectivity index (χ0n) is 15.6. The molecule has 0 atom stereocenters. The first-order chi connectivity index (χ1) is 13.5. The largest absolute Gasteiger partial charge is 0.374 e. The normalized spacial score (nSPS) is 13.4. The van der Waals surface area contributed by atoms with Gasteiger partial charge in [-0.25, -0.2) is 4.98 Å². The van der Waals surface area contributed by atoms with Crippen molar-refractivity contribution in [2.45, 2.75) is 25.9 Å². The average molecular weight is 441 g/mol. The molecule has 1 aliphatic heterocycles. The Balaban J connectivity index is 1.44. The molecule has 1 N–H and O–H groups in total. The van der Waals surface area contributed by atoms with Crippen LogP contribution in [-0.2, 0) is 24.3 Å². The van der Waals surface area contributed by atoms with E-state index in [1.807, 2.05) is 12.1 Å². The number of amides is 1. The Morgan fingerprint density at radius 1 is 1.25 bits per heavy atom. The minimum Gasteiger partial charge on any atom is -0.374 e. The van der Waals surface area contributed by atoms with Gasteiger partial charge < -0.3 is 10.2 Å². The third-order valence-corrected chi connectivity index (χ3v) is 5.58. The van der Waals surface area contributed by atoms with Crippen molar-refractivity contribution in [2.24, 2.45) is 0 Å². The number of hydrogen-bond donors (Lipinski definition) is 1. The standard InChI is InChI=1S/C21H21BrN4O2/c1-25-8-2-3-15-9-14(4-7-19(15)25)11-23-20(27)12-26-13-24-18-6-5-16(22)10-17(18)21(26)28/h4-7,9-10,13H,2-3,8,11-12H2,1H3,(H,23,27). The SMILES string of the molecule is CN1CCCc2cc(CNC(=O)Cn3cnc4ccc(Br)cc4c3=O)ccc21. The highest BCUT2D eigenvalue weighted by Gasteiger charge is 2.14. The molecule has 0 spiro atoms. The molecule has 6 nitrogen and oxygen atoms in total. The van der Waals surface area contributed by atoms with Gasteiger partial charge in [-0.15, -0.1) is 0 Å². The van der Waals surface area contributed by atoms with Gasteiger partial charge in [0.2, 0.25) is 5.91 Å². The van der Waals surface area contributed by atoms with Gasteiger partial charge >= 0.3 is 0 Å². The predicted molar refractivity (Wildman–Crippen MR) is 114 cm³/mol. The van der Waals surface area contributed by atoms with Gasteiger partial charge in [0.05, 0.1) is 17.2 Å². The van der Waals surface area contributed by atoms with Gasteiger partial charge in [0.15, 0.2) is 0 Å². The molecule has 3 aromatic rings. The Kier molecular flexibility index (Phi) is 5.17. The van der Waals surface area contributed by atoms with Crippen molar-refractivity contribution in [3.8, 4) is 0 Å². The summed E-state index contributed by atoms with van der Waals surface area (Å²) < 4.78 is 2.14. The molecule has 28 heavy (non-hydrogen) atoms. The molecule has 1 aliphatic rings. The molecule has 0 fully saturated rings. The van der Waals surface area contributed by atoms with Crippen LogP contribution >= 0.6 is 15.9 Å². The summed E-state index contributed by atoms with van der Waals surface area (Å²) in [5, 5.41) is 3.39. The quantitative estimate of drug-likeness (QED) is 0.677. The first-order valence-electron chi connectivity index (χ1n) is 9.25. The summed E-state index contributed by atoms with van der Waals surface area (Å²) in [5.41, 5.74) is 4.04. The zero-order valence-corrected chi connectivity index (χ0v) is 17.2. The van der Waals surface area contributed by atoms with E-state index in [-0.39, 0.29) is 18.0 Å². The Labute approximate surface area is 171 Å². The Hall–Kier alpha value is -2.67. The van der Waals surface area contributed by atoms with E-state index in [1.165, 1.54) is 22.1 Å². The highest BCUT2D eigenvalue weighted by molar-refractivity contribution is 9.10. The van der Waals surface area contributed by atoms with Gasteiger partial charge in [0.25, 0.3) is 5.56 Å². The molecule has 0 bridgehead atoms. The number of carbonyl (C=O) groups is 1. The van der Waals surface area contributed by atoms with Crippen LogP contribution < -0.4 is 15.8 Å². The lowest BCUT2D eigenvalue weighted by Crippen LogP contribution is -2.32. The Morgan fingerprint density at radius 3 is 2.96 bits per heavy atom. The minimum absolute atomic E-state index is 0.0536. The van der Waals surface area contributed by atoms with E-state index in [0.29, 0.717) is 17.4 Å². The van der Waals surface area contributed by atoms with E-state index in [9.17, 15) is 9.59 Å². The zero-order chi connectivity index (χ0) is 19.7. The van der Waals surface area contributed by atoms with Gasteiger partial charge in [-0.1, -0.05) is 28.1 Å². The second-order valence-corrected chi connectivity index (χ2v) is 8.02. The number of nitrogens with zero attached hydrogens (tertiary/aromatic N) is 3. The molecule has 0 unspecified atom stereocenters. The van der Waals surface area contributed by atoms with Gasteiger partial charge in [0.1, 0.15) is 6.54 Å². The molecule has 0 aliphatic carbocycles. The summed E-state index contributed by atoms with van der Waals surface area (Å²) in [6, 6.07) is 11.7. The molecule has 2 heterocycles. The first kappa shape index (κ1) is 18.7. The molecule has 0 saturated carbocycles. The van der Waals surface area contributed by atoms with Crippen LogP contribution in [0.25, 0.3) is 10.9 Å². The number of carbonyl (C=O) groups excluding carboxylic acids is 1. The van der Waals surface area contributed by atoms with E-state index in [1.54, 1.807) is 12.1 Å². The van der Waals surface area contributed by atoms with E-state index in [4.69, 9.17) is 0 Å². The second-order valence-electron chi connectivity index (χ2n) is 7.10. The van der Waals surface area contributed by atoms with Crippen molar-refractivity contribution < 1.29 is 4.79 Å². The maximum atomic E-state index is 12.6. The topological polar surface area (TPSA) is 67.2 Å². The maximum Gasteiger partial charge on any atom is 0.261 e. The van der Waals surface area contributed by atoms with Gasteiger partial charge in [-0.2, -0.15) is 0 Å². The van der Waals surface area contributed by atoms with Crippen LogP contribution in [0.4, 0.5) is 5.69 Å². The fourth-order valence-electron chi connectivity index (χ4n) is 3.60. The third-order valence-electron chi connectivity index (χ3n) is 5.08. The van der Waals surface area contributed by atoms with Crippen LogP contribution in [0.2, 0.25) is 0 Å². The van der Waals surface area contributed by atoms with Crippen molar-refractivity contribution in [3.05, 3.63) is 68.7 Å². The number of anilines is 1. The van der Waals surface area contributed by atoms with E-state index in [2.05, 4.69) is 50.3 Å². The minimum atomic E-state index is -0.224. The monoisotopic (exact) mass is 440 g/mol. The number of fused-ring (bicyclic) bond motifs is 2. The maximum absolute atomic E-state index is 12.6. The fourth-order valence-corrected chi connectivity index (χ4v) is 3.96. The van der Waals surface area contributed by atoms with Gasteiger partial charge in [-0.05, 0) is 48.2 Å². The summed E-state index contributed by atoms with van der Waals surface area (Å²) >= 11 is 3.36. The lowest BCUT2D eigenvalue weighted by Gasteiger charge is -2.27. The summed E-state index contributed by atoms with van der Waals surface area (Å²) in [4.78, 5) is 31.5. The lowest BCUT2D eigenvalue weighted by molar-refractivity contribution is -0.121. The highest BCUT2D eigenvalue weighted by Crippen LogP contribution is 2.26. The molecular formula is C21H21BrN4O2. The lowest BCUT2D eigenvalue weighted by atomic mass is 9.99. The number of hydrogen-bond acceptors (Lipinski definition) is 4.